The number of carbonyl (C=O) groups excluding carboxylic acids is 2. The minimum Gasteiger partial charge on any atom is -0.477 e. The highest BCUT2D eigenvalue weighted by atomic mass is 32.2. The third-order valence-electron chi connectivity index (χ3n) is 8.72. The van der Waals surface area contributed by atoms with Gasteiger partial charge in [0.1, 0.15) is 17.1 Å². The minimum atomic E-state index is -4.02. The topological polar surface area (TPSA) is 298 Å². The van der Waals surface area contributed by atoms with Crippen molar-refractivity contribution in [3.05, 3.63) is 169 Å². The van der Waals surface area contributed by atoms with Crippen LogP contribution in [-0.4, -0.2) is 97.8 Å². The van der Waals surface area contributed by atoms with Crippen LogP contribution in [0.15, 0.2) is 156 Å². The maximum atomic E-state index is 11.4. The van der Waals surface area contributed by atoms with E-state index in [9.17, 15) is 22.8 Å². The predicted octanol–water partition coefficient (Wildman–Crippen LogP) is 7.54. The van der Waals surface area contributed by atoms with Gasteiger partial charge in [0.25, 0.3) is 10.1 Å². The number of esters is 1. The van der Waals surface area contributed by atoms with Crippen LogP contribution < -0.4 is 16.8 Å². The largest absolute Gasteiger partial charge is 0.477 e. The summed E-state index contributed by atoms with van der Waals surface area (Å²) in [5.74, 6) is -1.05. The SMILES string of the molecule is C.CN(C)/C=C/C(=O)c1ccccn1.COC(=O)c1cc2ccc(N=C(N)N)cc2[nH]1.Cc1ccc(S(=O)(=O)O)cc1.O=C(O)c1cc2ccc(Nc3nccc(-c4ccccn4)n3)cc2[nH]1. The fourth-order valence-corrected chi connectivity index (χ4v) is 6.08. The molecule has 0 saturated carbocycles. The number of hydrogen-bond acceptors (Lipinski definition) is 13. The van der Waals surface area contributed by atoms with E-state index >= 15 is 0 Å². The summed E-state index contributed by atoms with van der Waals surface area (Å²) in [5, 5.41) is 13.9. The Morgan fingerprint density at radius 3 is 2.01 bits per heavy atom. The first kappa shape index (κ1) is 50.9. The van der Waals surface area contributed by atoms with Gasteiger partial charge in [0, 0.05) is 72.5 Å². The first-order valence-electron chi connectivity index (χ1n) is 19.5. The number of methoxy groups -OCH3 is 1. The fraction of sp³-hybridized carbons (Fsp3) is 0.106. The monoisotopic (exact) mass is 927 g/mol. The lowest BCUT2D eigenvalue weighted by molar-refractivity contribution is 0.0594. The Morgan fingerprint density at radius 2 is 1.42 bits per heavy atom. The van der Waals surface area contributed by atoms with Crippen LogP contribution in [0.2, 0.25) is 0 Å². The van der Waals surface area contributed by atoms with E-state index in [4.69, 9.17) is 21.1 Å². The molecule has 8 aromatic rings. The molecule has 0 amide bonds. The number of nitrogens with two attached hydrogens (primary N) is 2. The average molecular weight is 928 g/mol. The number of aryl methyl sites for hydroxylation is 1. The number of allylic oxidation sites excluding steroid dienone is 1. The molecule has 5 aromatic heterocycles. The van der Waals surface area contributed by atoms with Crippen molar-refractivity contribution in [2.45, 2.75) is 19.2 Å². The van der Waals surface area contributed by atoms with Crippen molar-refractivity contribution in [2.75, 3.05) is 26.5 Å². The van der Waals surface area contributed by atoms with Gasteiger partial charge in [-0.3, -0.25) is 19.3 Å². The third-order valence-corrected chi connectivity index (χ3v) is 9.59. The molecule has 8 rings (SSSR count). The molecule has 0 saturated heterocycles. The molecule has 0 aliphatic rings. The highest BCUT2D eigenvalue weighted by Crippen LogP contribution is 2.24. The summed E-state index contributed by atoms with van der Waals surface area (Å²) < 4.78 is 34.2. The van der Waals surface area contributed by atoms with Crippen molar-refractivity contribution in [2.24, 2.45) is 16.5 Å². The zero-order valence-corrected chi connectivity index (χ0v) is 36.8. The van der Waals surface area contributed by atoms with Crippen LogP contribution in [0.1, 0.15) is 44.5 Å². The first-order valence-corrected chi connectivity index (χ1v) is 21.0. The molecule has 3 aromatic carbocycles. The number of nitrogens with one attached hydrogen (secondary N) is 3. The van der Waals surface area contributed by atoms with E-state index in [1.54, 1.807) is 90.4 Å². The lowest BCUT2D eigenvalue weighted by atomic mass is 10.2. The molecule has 0 atom stereocenters. The molecule has 9 N–H and O–H groups in total. The zero-order valence-electron chi connectivity index (χ0n) is 35.9. The maximum absolute atomic E-state index is 11.4. The molecule has 0 radical (unpaired) electrons. The van der Waals surface area contributed by atoms with Gasteiger partial charge in [-0.1, -0.05) is 49.4 Å². The number of rotatable bonds is 10. The van der Waals surface area contributed by atoms with Gasteiger partial charge in [0.2, 0.25) is 11.7 Å². The Balaban J connectivity index is 0.000000205. The Bertz CT molecular complexity index is 3100. The summed E-state index contributed by atoms with van der Waals surface area (Å²) in [6.07, 6.45) is 8.19. The van der Waals surface area contributed by atoms with E-state index in [0.29, 0.717) is 28.7 Å². The predicted molar refractivity (Wildman–Crippen MR) is 258 cm³/mol. The van der Waals surface area contributed by atoms with E-state index in [0.717, 1.165) is 38.8 Å². The van der Waals surface area contributed by atoms with E-state index in [1.165, 1.54) is 25.3 Å². The van der Waals surface area contributed by atoms with Gasteiger partial charge < -0.3 is 41.5 Å². The maximum Gasteiger partial charge on any atom is 0.354 e. The van der Waals surface area contributed by atoms with Crippen molar-refractivity contribution in [3.8, 4) is 11.4 Å². The van der Waals surface area contributed by atoms with E-state index in [-0.39, 0.29) is 29.8 Å². The summed E-state index contributed by atoms with van der Waals surface area (Å²) >= 11 is 0. The van der Waals surface area contributed by atoms with Gasteiger partial charge in [0.05, 0.1) is 29.1 Å². The van der Waals surface area contributed by atoms with E-state index < -0.39 is 22.1 Å². The van der Waals surface area contributed by atoms with Crippen LogP contribution in [-0.2, 0) is 14.9 Å². The number of carbonyl (C=O) groups is 3. The second kappa shape index (κ2) is 23.8. The highest BCUT2D eigenvalue weighted by Gasteiger charge is 2.11. The van der Waals surface area contributed by atoms with Gasteiger partial charge in [-0.05, 0) is 85.8 Å². The van der Waals surface area contributed by atoms with Gasteiger partial charge in [-0.2, -0.15) is 8.42 Å². The minimum absolute atomic E-state index is 0. The summed E-state index contributed by atoms with van der Waals surface area (Å²) in [6.45, 7) is 1.84. The van der Waals surface area contributed by atoms with Gasteiger partial charge in [-0.15, -0.1) is 0 Å². The quantitative estimate of drug-likeness (QED) is 0.0174. The van der Waals surface area contributed by atoms with Gasteiger partial charge in [0.15, 0.2) is 5.96 Å². The van der Waals surface area contributed by atoms with E-state index in [2.05, 4.69) is 44.9 Å². The Morgan fingerprint density at radius 1 is 0.776 bits per heavy atom. The lowest BCUT2D eigenvalue weighted by Crippen LogP contribution is -2.21. The van der Waals surface area contributed by atoms with E-state index in [1.807, 2.05) is 63.5 Å². The molecule has 19 nitrogen and oxygen atoms in total. The summed E-state index contributed by atoms with van der Waals surface area (Å²) in [5.41, 5.74) is 16.9. The number of nitrogens with zero attached hydrogens (tertiary/aromatic N) is 6. The number of aromatic nitrogens is 6. The summed E-state index contributed by atoms with van der Waals surface area (Å²) in [4.78, 5) is 62.1. The molecule has 346 valence electrons. The third kappa shape index (κ3) is 15.5. The van der Waals surface area contributed by atoms with Crippen LogP contribution in [0.3, 0.4) is 0 Å². The van der Waals surface area contributed by atoms with Crippen molar-refractivity contribution in [1.29, 1.82) is 0 Å². The molecule has 0 spiro atoms. The van der Waals surface area contributed by atoms with Crippen molar-refractivity contribution < 1.29 is 37.2 Å². The number of guanidine groups is 1. The fourth-order valence-electron chi connectivity index (χ4n) is 5.60. The Labute approximate surface area is 386 Å². The summed E-state index contributed by atoms with van der Waals surface area (Å²) in [6, 6.07) is 32.8. The molecule has 0 bridgehead atoms. The standard InChI is InChI=1S/C18H13N5O2.C11H12N4O2.C10H12N2O.C7H8O3S.CH4/c24-17(25)16-9-11-4-5-12(10-15(11)22-16)21-18-20-8-6-14(23-18)13-3-1-2-7-19-13;1-17-10(16)9-4-6-2-3-7(14-11(12)13)5-8(6)15-9;1-12(2)8-6-10(13)9-5-3-4-7-11-9;1-6-2-4-7(5-3-6)11(8,9)10;/h1-10,22H,(H,24,25)(H,20,21,23);2-5,15H,1H3,(H4,12,13,14);3-8H,1-2H3;2-5H,1H3,(H,8,9,10);1H4/b;;8-6+;;. The first-order chi connectivity index (χ1) is 31.5. The smallest absolute Gasteiger partial charge is 0.354 e. The van der Waals surface area contributed by atoms with Crippen molar-refractivity contribution in [1.82, 2.24) is 34.8 Å². The molecule has 20 heteroatoms. The Hall–Kier alpha value is -8.75. The molecular formula is C47H49N11O8S. The van der Waals surface area contributed by atoms with Gasteiger partial charge >= 0.3 is 11.9 Å². The molecule has 0 aliphatic carbocycles. The van der Waals surface area contributed by atoms with Crippen molar-refractivity contribution >= 4 is 72.9 Å². The number of pyridine rings is 2. The number of H-pyrrole nitrogens is 2. The second-order valence-corrected chi connectivity index (χ2v) is 15.4. The molecule has 67 heavy (non-hydrogen) atoms. The number of benzene rings is 3. The lowest BCUT2D eigenvalue weighted by Gasteiger charge is -2.06. The van der Waals surface area contributed by atoms with Crippen LogP contribution in [0.25, 0.3) is 33.2 Å². The number of hydrogen-bond donors (Lipinski definition) is 7. The van der Waals surface area contributed by atoms with Crippen LogP contribution in [0.4, 0.5) is 17.3 Å². The van der Waals surface area contributed by atoms with Crippen LogP contribution in [0.5, 0.6) is 0 Å². The number of aromatic carboxylic acids is 1. The molecule has 0 aliphatic heterocycles. The number of anilines is 2. The molecule has 0 unspecified atom stereocenters. The van der Waals surface area contributed by atoms with Crippen molar-refractivity contribution in [3.63, 3.8) is 0 Å². The molecular weight excluding hydrogens is 879 g/mol. The number of aliphatic imine (C=N–C) groups is 1. The van der Waals surface area contributed by atoms with Crippen LogP contribution >= 0.6 is 0 Å². The number of carboxylic acids is 1. The normalized spacial score (nSPS) is 10.5. The second-order valence-electron chi connectivity index (χ2n) is 14.0. The average Bonchev–Trinajstić information content (AvgIpc) is 3.94. The van der Waals surface area contributed by atoms with Gasteiger partial charge in [-0.25, -0.2) is 24.5 Å². The number of fused-ring (bicyclic) bond motifs is 2. The number of ketones is 1. The number of aromatic amines is 2. The Kier molecular flexibility index (Phi) is 18.1. The highest BCUT2D eigenvalue weighted by molar-refractivity contribution is 7.85. The molecule has 5 heterocycles. The zero-order chi connectivity index (χ0) is 47.8. The number of carboxylic acid groups (broad SMARTS) is 1. The summed E-state index contributed by atoms with van der Waals surface area (Å²) in [7, 11) is 1.04. The molecule has 0 fully saturated rings. The van der Waals surface area contributed by atoms with Crippen LogP contribution in [0, 0.1) is 6.92 Å². The number of ether oxygens (including phenoxy) is 1.